The quantitative estimate of drug-likeness (QED) is 0.402. The lowest BCUT2D eigenvalue weighted by molar-refractivity contribution is -0.178. The van der Waals surface area contributed by atoms with Crippen LogP contribution in [-0.2, 0) is 13.9 Å². The van der Waals surface area contributed by atoms with Gasteiger partial charge in [-0.3, -0.25) is 0 Å². The Labute approximate surface area is 113 Å². The number of hydrogen-bond acceptors (Lipinski definition) is 3. The predicted molar refractivity (Wildman–Crippen MR) is 77.2 cm³/mol. The molecule has 1 aliphatic heterocycles. The van der Waals surface area contributed by atoms with Gasteiger partial charge in [0.05, 0.1) is 18.8 Å². The van der Waals surface area contributed by atoms with Gasteiger partial charge in [-0.2, -0.15) is 0 Å². The molecule has 3 unspecified atom stereocenters. The first-order chi connectivity index (χ1) is 8.48. The molecule has 1 aliphatic rings. The average Bonchev–Trinajstić information content (AvgIpc) is 2.32. The Bertz CT molecular complexity index is 255. The molecule has 3 nitrogen and oxygen atoms in total. The van der Waals surface area contributed by atoms with Crippen LogP contribution in [0, 0.1) is 0 Å². The molecule has 1 fully saturated rings. The smallest absolute Gasteiger partial charge is 0.187 e. The normalized spacial score (nSPS) is 26.6. The number of ether oxygens (including phenoxy) is 2. The summed E-state index contributed by atoms with van der Waals surface area (Å²) in [5.41, 5.74) is 0. The lowest BCUT2D eigenvalue weighted by atomic mass is 10.1. The zero-order chi connectivity index (χ0) is 13.6. The summed E-state index contributed by atoms with van der Waals surface area (Å²) in [7, 11) is -1.45. The molecule has 1 heterocycles. The van der Waals surface area contributed by atoms with Crippen molar-refractivity contribution in [2.45, 2.75) is 70.7 Å². The first kappa shape index (κ1) is 15.9. The maximum absolute atomic E-state index is 6.27. The molecule has 1 rings (SSSR count). The molecule has 0 amide bonds. The van der Waals surface area contributed by atoms with E-state index in [2.05, 4.69) is 26.6 Å². The van der Waals surface area contributed by atoms with Crippen LogP contribution in [0.4, 0.5) is 0 Å². The monoisotopic (exact) mass is 272 g/mol. The Balaban J connectivity index is 2.46. The SMILES string of the molecule is C=CCOC(C)OC(CC)C1CCC[Si](C)(C)O1. The second kappa shape index (κ2) is 7.43. The lowest BCUT2D eigenvalue weighted by Crippen LogP contribution is -2.46. The molecule has 18 heavy (non-hydrogen) atoms. The first-order valence-corrected chi connectivity index (χ1v) is 10.2. The van der Waals surface area contributed by atoms with Gasteiger partial charge in [0.1, 0.15) is 0 Å². The van der Waals surface area contributed by atoms with E-state index in [0.717, 1.165) is 12.8 Å². The minimum Gasteiger partial charge on any atom is -0.412 e. The van der Waals surface area contributed by atoms with E-state index < -0.39 is 8.32 Å². The molecular weight excluding hydrogens is 244 g/mol. The summed E-state index contributed by atoms with van der Waals surface area (Å²) in [4.78, 5) is 0. The van der Waals surface area contributed by atoms with Crippen LogP contribution in [-0.4, -0.2) is 33.4 Å². The highest BCUT2D eigenvalue weighted by Gasteiger charge is 2.35. The third kappa shape index (κ3) is 5.22. The molecule has 3 atom stereocenters. The molecule has 0 saturated carbocycles. The lowest BCUT2D eigenvalue weighted by Gasteiger charge is -2.39. The van der Waals surface area contributed by atoms with Gasteiger partial charge >= 0.3 is 0 Å². The topological polar surface area (TPSA) is 27.7 Å². The summed E-state index contributed by atoms with van der Waals surface area (Å²) >= 11 is 0. The highest BCUT2D eigenvalue weighted by atomic mass is 28.4. The van der Waals surface area contributed by atoms with Crippen LogP contribution in [0.3, 0.4) is 0 Å². The largest absolute Gasteiger partial charge is 0.412 e. The van der Waals surface area contributed by atoms with Crippen LogP contribution in [0.5, 0.6) is 0 Å². The van der Waals surface area contributed by atoms with Gasteiger partial charge in [0.25, 0.3) is 0 Å². The van der Waals surface area contributed by atoms with Gasteiger partial charge in [0, 0.05) is 0 Å². The Hall–Kier alpha value is -0.163. The van der Waals surface area contributed by atoms with E-state index in [4.69, 9.17) is 13.9 Å². The Morgan fingerprint density at radius 2 is 2.22 bits per heavy atom. The van der Waals surface area contributed by atoms with Crippen LogP contribution < -0.4 is 0 Å². The van der Waals surface area contributed by atoms with Crippen molar-refractivity contribution in [3.63, 3.8) is 0 Å². The van der Waals surface area contributed by atoms with Crippen molar-refractivity contribution >= 4 is 8.32 Å². The molecule has 4 heteroatoms. The van der Waals surface area contributed by atoms with E-state index in [9.17, 15) is 0 Å². The minimum absolute atomic E-state index is 0.150. The van der Waals surface area contributed by atoms with Crippen molar-refractivity contribution in [1.82, 2.24) is 0 Å². The second-order valence-electron chi connectivity index (χ2n) is 5.58. The summed E-state index contributed by atoms with van der Waals surface area (Å²) in [6.45, 7) is 12.9. The van der Waals surface area contributed by atoms with Crippen molar-refractivity contribution < 1.29 is 13.9 Å². The average molecular weight is 272 g/mol. The van der Waals surface area contributed by atoms with E-state index in [0.29, 0.717) is 6.61 Å². The van der Waals surface area contributed by atoms with Gasteiger partial charge in [-0.25, -0.2) is 0 Å². The molecule has 0 bridgehead atoms. The molecule has 0 radical (unpaired) electrons. The van der Waals surface area contributed by atoms with Gasteiger partial charge < -0.3 is 13.9 Å². The highest BCUT2D eigenvalue weighted by Crippen LogP contribution is 2.29. The van der Waals surface area contributed by atoms with Gasteiger partial charge in [-0.05, 0) is 38.9 Å². The van der Waals surface area contributed by atoms with E-state index >= 15 is 0 Å². The fraction of sp³-hybridized carbons (Fsp3) is 0.857. The highest BCUT2D eigenvalue weighted by molar-refractivity contribution is 6.71. The van der Waals surface area contributed by atoms with Crippen LogP contribution in [0.25, 0.3) is 0 Å². The van der Waals surface area contributed by atoms with E-state index in [1.54, 1.807) is 6.08 Å². The fourth-order valence-corrected chi connectivity index (χ4v) is 4.72. The second-order valence-corrected chi connectivity index (χ2v) is 9.84. The van der Waals surface area contributed by atoms with Gasteiger partial charge in [0.2, 0.25) is 0 Å². The maximum atomic E-state index is 6.27. The standard InChI is InChI=1S/C14H28O3Si/c1-6-10-15-12(3)16-13(7-2)14-9-8-11-18(4,5)17-14/h6,12-14H,1,7-11H2,2-5H3. The molecule has 0 aliphatic carbocycles. The van der Waals surface area contributed by atoms with E-state index in [1.807, 2.05) is 6.92 Å². The molecule has 0 aromatic rings. The zero-order valence-electron chi connectivity index (χ0n) is 12.3. The van der Waals surface area contributed by atoms with Crippen molar-refractivity contribution in [1.29, 1.82) is 0 Å². The minimum atomic E-state index is -1.45. The predicted octanol–water partition coefficient (Wildman–Crippen LogP) is 3.71. The van der Waals surface area contributed by atoms with Crippen molar-refractivity contribution in [3.05, 3.63) is 12.7 Å². The number of hydrogen-bond donors (Lipinski definition) is 0. The molecular formula is C14H28O3Si. The van der Waals surface area contributed by atoms with Crippen LogP contribution >= 0.6 is 0 Å². The number of rotatable bonds is 7. The maximum Gasteiger partial charge on any atom is 0.187 e. The fourth-order valence-electron chi connectivity index (χ4n) is 2.45. The van der Waals surface area contributed by atoms with Gasteiger partial charge in [-0.15, -0.1) is 6.58 Å². The van der Waals surface area contributed by atoms with Crippen LogP contribution in [0.1, 0.15) is 33.1 Å². The molecule has 0 aromatic heterocycles. The molecule has 0 aromatic carbocycles. The van der Waals surface area contributed by atoms with Crippen LogP contribution in [0.2, 0.25) is 19.1 Å². The van der Waals surface area contributed by atoms with Crippen molar-refractivity contribution in [3.8, 4) is 0 Å². The zero-order valence-corrected chi connectivity index (χ0v) is 13.3. The first-order valence-electron chi connectivity index (χ1n) is 7.04. The third-order valence-corrected chi connectivity index (χ3v) is 5.87. The van der Waals surface area contributed by atoms with Gasteiger partial charge in [0.15, 0.2) is 14.6 Å². The summed E-state index contributed by atoms with van der Waals surface area (Å²) < 4.78 is 17.7. The Morgan fingerprint density at radius 3 is 2.78 bits per heavy atom. The van der Waals surface area contributed by atoms with Gasteiger partial charge in [-0.1, -0.05) is 19.4 Å². The van der Waals surface area contributed by atoms with Crippen LogP contribution in [0.15, 0.2) is 12.7 Å². The van der Waals surface area contributed by atoms with E-state index in [1.165, 1.54) is 12.5 Å². The molecule has 0 N–H and O–H groups in total. The molecule has 0 spiro atoms. The molecule has 106 valence electrons. The summed E-state index contributed by atoms with van der Waals surface area (Å²) in [5, 5.41) is 0. The summed E-state index contributed by atoms with van der Waals surface area (Å²) in [6, 6.07) is 1.27. The molecule has 1 saturated heterocycles. The summed E-state index contributed by atoms with van der Waals surface area (Å²) in [6.07, 6.45) is 5.31. The van der Waals surface area contributed by atoms with Crippen molar-refractivity contribution in [2.75, 3.05) is 6.61 Å². The Kier molecular flexibility index (Phi) is 6.56. The Morgan fingerprint density at radius 1 is 1.50 bits per heavy atom. The van der Waals surface area contributed by atoms with E-state index in [-0.39, 0.29) is 18.5 Å². The third-order valence-electron chi connectivity index (χ3n) is 3.37. The summed E-state index contributed by atoms with van der Waals surface area (Å²) in [5.74, 6) is 0. The van der Waals surface area contributed by atoms with Crippen molar-refractivity contribution in [2.24, 2.45) is 0 Å².